The molecule has 0 aliphatic heterocycles. The molecule has 2 amide bonds. The summed E-state index contributed by atoms with van der Waals surface area (Å²) in [6.45, 7) is 9.70. The van der Waals surface area contributed by atoms with Gasteiger partial charge in [-0.25, -0.2) is 9.59 Å². The SMILES string of the molecule is C=C(C)c1cccc(C(C)(C)NC(=O)NC(C(=O)OC)c2ccccc2)c1. The Morgan fingerprint density at radius 3 is 2.33 bits per heavy atom. The number of amides is 2. The van der Waals surface area contributed by atoms with E-state index in [1.165, 1.54) is 7.11 Å². The van der Waals surface area contributed by atoms with Gasteiger partial charge in [0.1, 0.15) is 0 Å². The van der Waals surface area contributed by atoms with Gasteiger partial charge in [0.15, 0.2) is 6.04 Å². The molecular weight excluding hydrogens is 340 g/mol. The van der Waals surface area contributed by atoms with E-state index in [-0.39, 0.29) is 0 Å². The lowest BCUT2D eigenvalue weighted by molar-refractivity contribution is -0.143. The molecule has 0 aromatic heterocycles. The van der Waals surface area contributed by atoms with Crippen LogP contribution in [0.4, 0.5) is 4.79 Å². The highest BCUT2D eigenvalue weighted by atomic mass is 16.5. The summed E-state index contributed by atoms with van der Waals surface area (Å²) in [6, 6.07) is 15.5. The van der Waals surface area contributed by atoms with E-state index in [1.54, 1.807) is 24.3 Å². The molecule has 0 saturated heterocycles. The average molecular weight is 366 g/mol. The molecule has 0 aliphatic rings. The molecule has 0 aliphatic carbocycles. The predicted octanol–water partition coefficient (Wildman–Crippen LogP) is 4.17. The normalized spacial score (nSPS) is 12.0. The van der Waals surface area contributed by atoms with Gasteiger partial charge >= 0.3 is 12.0 Å². The summed E-state index contributed by atoms with van der Waals surface area (Å²) in [5.74, 6) is -0.529. The van der Waals surface area contributed by atoms with Crippen LogP contribution < -0.4 is 10.6 Å². The van der Waals surface area contributed by atoms with E-state index in [1.807, 2.05) is 51.1 Å². The van der Waals surface area contributed by atoms with Crippen LogP contribution in [-0.2, 0) is 15.1 Å². The van der Waals surface area contributed by atoms with Crippen molar-refractivity contribution in [3.63, 3.8) is 0 Å². The largest absolute Gasteiger partial charge is 0.467 e. The van der Waals surface area contributed by atoms with E-state index in [4.69, 9.17) is 4.74 Å². The van der Waals surface area contributed by atoms with E-state index in [0.717, 1.165) is 16.7 Å². The Balaban J connectivity index is 2.17. The zero-order valence-corrected chi connectivity index (χ0v) is 16.2. The molecular formula is C22H26N2O3. The van der Waals surface area contributed by atoms with Gasteiger partial charge in [-0.2, -0.15) is 0 Å². The maximum Gasteiger partial charge on any atom is 0.333 e. The molecule has 1 atom stereocenters. The minimum absolute atomic E-state index is 0.458. The van der Waals surface area contributed by atoms with Gasteiger partial charge in [-0.3, -0.25) is 0 Å². The van der Waals surface area contributed by atoms with Gasteiger partial charge < -0.3 is 15.4 Å². The quantitative estimate of drug-likeness (QED) is 0.754. The molecule has 5 nitrogen and oxygen atoms in total. The summed E-state index contributed by atoms with van der Waals surface area (Å²) in [6.07, 6.45) is 0. The van der Waals surface area contributed by atoms with Crippen LogP contribution in [0.1, 0.15) is 43.5 Å². The Morgan fingerprint density at radius 1 is 1.07 bits per heavy atom. The van der Waals surface area contributed by atoms with Crippen LogP contribution in [0.5, 0.6) is 0 Å². The Morgan fingerprint density at radius 2 is 1.74 bits per heavy atom. The lowest BCUT2D eigenvalue weighted by atomic mass is 9.92. The van der Waals surface area contributed by atoms with Crippen molar-refractivity contribution in [3.05, 3.63) is 77.9 Å². The number of benzene rings is 2. The van der Waals surface area contributed by atoms with Crippen LogP contribution in [0, 0.1) is 0 Å². The molecule has 1 unspecified atom stereocenters. The fourth-order valence-corrected chi connectivity index (χ4v) is 2.74. The summed E-state index contributed by atoms with van der Waals surface area (Å²) in [5.41, 5.74) is 2.91. The van der Waals surface area contributed by atoms with Gasteiger partial charge in [-0.15, -0.1) is 0 Å². The smallest absolute Gasteiger partial charge is 0.333 e. The number of allylic oxidation sites excluding steroid dienone is 1. The molecule has 0 fully saturated rings. The van der Waals surface area contributed by atoms with Gasteiger partial charge in [-0.1, -0.05) is 60.7 Å². The third-order valence-corrected chi connectivity index (χ3v) is 4.35. The monoisotopic (exact) mass is 366 g/mol. The van der Waals surface area contributed by atoms with Crippen LogP contribution in [0.25, 0.3) is 5.57 Å². The van der Waals surface area contributed by atoms with Crippen molar-refractivity contribution in [2.45, 2.75) is 32.4 Å². The zero-order valence-electron chi connectivity index (χ0n) is 16.2. The lowest BCUT2D eigenvalue weighted by Gasteiger charge is -2.28. The van der Waals surface area contributed by atoms with Crippen LogP contribution in [0.15, 0.2) is 61.2 Å². The molecule has 0 radical (unpaired) electrons. The van der Waals surface area contributed by atoms with Gasteiger partial charge in [0, 0.05) is 0 Å². The number of methoxy groups -OCH3 is 1. The molecule has 0 spiro atoms. The molecule has 5 heteroatoms. The number of rotatable bonds is 6. The zero-order chi connectivity index (χ0) is 20.0. The Bertz CT molecular complexity index is 828. The van der Waals surface area contributed by atoms with Gasteiger partial charge in [0.25, 0.3) is 0 Å². The summed E-state index contributed by atoms with van der Waals surface area (Å²) in [7, 11) is 1.30. The second-order valence-corrected chi connectivity index (χ2v) is 6.95. The van der Waals surface area contributed by atoms with Crippen LogP contribution >= 0.6 is 0 Å². The van der Waals surface area contributed by atoms with Crippen LogP contribution in [-0.4, -0.2) is 19.1 Å². The van der Waals surface area contributed by atoms with E-state index >= 15 is 0 Å². The van der Waals surface area contributed by atoms with Crippen LogP contribution in [0.3, 0.4) is 0 Å². The van der Waals surface area contributed by atoms with Crippen LogP contribution in [0.2, 0.25) is 0 Å². The van der Waals surface area contributed by atoms with Crippen molar-refractivity contribution in [1.82, 2.24) is 10.6 Å². The molecule has 142 valence electrons. The topological polar surface area (TPSA) is 67.4 Å². The van der Waals surface area contributed by atoms with Crippen molar-refractivity contribution >= 4 is 17.6 Å². The van der Waals surface area contributed by atoms with Crippen molar-refractivity contribution in [2.75, 3.05) is 7.11 Å². The number of carbonyl (C=O) groups is 2. The minimum atomic E-state index is -0.881. The first-order chi connectivity index (χ1) is 12.7. The molecule has 27 heavy (non-hydrogen) atoms. The Hall–Kier alpha value is -3.08. The highest BCUT2D eigenvalue weighted by Crippen LogP contribution is 2.24. The van der Waals surface area contributed by atoms with Crippen molar-refractivity contribution < 1.29 is 14.3 Å². The molecule has 2 aromatic rings. The van der Waals surface area contributed by atoms with E-state index in [0.29, 0.717) is 5.56 Å². The molecule has 0 heterocycles. The number of nitrogens with one attached hydrogen (secondary N) is 2. The van der Waals surface area contributed by atoms with Gasteiger partial charge in [0.2, 0.25) is 0 Å². The first-order valence-corrected chi connectivity index (χ1v) is 8.72. The predicted molar refractivity (Wildman–Crippen MR) is 107 cm³/mol. The molecule has 2 rings (SSSR count). The van der Waals surface area contributed by atoms with Crippen molar-refractivity contribution in [1.29, 1.82) is 0 Å². The number of urea groups is 1. The summed E-state index contributed by atoms with van der Waals surface area (Å²) in [5, 5.41) is 5.64. The fourth-order valence-electron chi connectivity index (χ4n) is 2.74. The second-order valence-electron chi connectivity index (χ2n) is 6.95. The minimum Gasteiger partial charge on any atom is -0.467 e. The Kier molecular flexibility index (Phi) is 6.40. The summed E-state index contributed by atoms with van der Waals surface area (Å²) < 4.78 is 4.83. The fraction of sp³-hybridized carbons (Fsp3) is 0.273. The number of hydrogen-bond acceptors (Lipinski definition) is 3. The number of ether oxygens (including phenoxy) is 1. The first-order valence-electron chi connectivity index (χ1n) is 8.72. The summed E-state index contributed by atoms with van der Waals surface area (Å²) >= 11 is 0. The number of carbonyl (C=O) groups excluding carboxylic acids is 2. The van der Waals surface area contributed by atoms with E-state index in [9.17, 15) is 9.59 Å². The second kappa shape index (κ2) is 8.54. The molecule has 0 saturated carbocycles. The standard InChI is InChI=1S/C22H26N2O3/c1-15(2)17-12-9-13-18(14-17)22(3,4)24-21(26)23-19(20(25)27-5)16-10-7-6-8-11-16/h6-14,19H,1H2,2-5H3,(H2,23,24,26). The van der Waals surface area contributed by atoms with E-state index in [2.05, 4.69) is 17.2 Å². The number of esters is 1. The van der Waals surface area contributed by atoms with Gasteiger partial charge in [0.05, 0.1) is 12.6 Å². The third kappa shape index (κ3) is 5.20. The first kappa shape index (κ1) is 20.2. The van der Waals surface area contributed by atoms with Gasteiger partial charge in [-0.05, 0) is 43.5 Å². The average Bonchev–Trinajstić information content (AvgIpc) is 2.66. The molecule has 2 N–H and O–H groups in total. The Labute approximate surface area is 160 Å². The van der Waals surface area contributed by atoms with E-state index < -0.39 is 23.6 Å². The third-order valence-electron chi connectivity index (χ3n) is 4.35. The highest BCUT2D eigenvalue weighted by Gasteiger charge is 2.28. The summed E-state index contributed by atoms with van der Waals surface area (Å²) in [4.78, 5) is 24.7. The number of hydrogen-bond donors (Lipinski definition) is 2. The maximum absolute atomic E-state index is 12.6. The molecule has 0 bridgehead atoms. The van der Waals surface area contributed by atoms with Crippen molar-refractivity contribution in [2.24, 2.45) is 0 Å². The van der Waals surface area contributed by atoms with Crippen molar-refractivity contribution in [3.8, 4) is 0 Å². The highest BCUT2D eigenvalue weighted by molar-refractivity contribution is 5.85. The maximum atomic E-state index is 12.6. The lowest BCUT2D eigenvalue weighted by Crippen LogP contribution is -2.48. The molecule has 2 aromatic carbocycles.